The highest BCUT2D eigenvalue weighted by atomic mass is 16.2. The largest absolute Gasteiger partial charge is 0.339 e. The van der Waals surface area contributed by atoms with E-state index in [1.54, 1.807) is 12.4 Å². The van der Waals surface area contributed by atoms with Crippen LogP contribution in [0.4, 0.5) is 0 Å². The minimum Gasteiger partial charge on any atom is -0.339 e. The SMILES string of the molecule is O=C(CN1CCc2nccnc2C1)N1CCN(C2CCCC2)CC1. The standard InChI is InChI=1S/C18H27N5O/c24-18(14-21-8-5-16-17(13-21)20-7-6-19-16)23-11-9-22(10-12-23)15-3-1-2-4-15/h6-7,15H,1-5,8-14H2. The van der Waals surface area contributed by atoms with Gasteiger partial charge in [-0.1, -0.05) is 12.8 Å². The first-order chi connectivity index (χ1) is 11.8. The van der Waals surface area contributed by atoms with Crippen LogP contribution < -0.4 is 0 Å². The number of rotatable bonds is 3. The third-order valence-electron chi connectivity index (χ3n) is 5.77. The number of carbonyl (C=O) groups excluding carboxylic acids is 1. The maximum Gasteiger partial charge on any atom is 0.236 e. The van der Waals surface area contributed by atoms with Crippen molar-refractivity contribution in [2.24, 2.45) is 0 Å². The van der Waals surface area contributed by atoms with Gasteiger partial charge in [0, 0.05) is 64.1 Å². The van der Waals surface area contributed by atoms with Crippen molar-refractivity contribution in [3.05, 3.63) is 23.8 Å². The zero-order chi connectivity index (χ0) is 16.4. The van der Waals surface area contributed by atoms with E-state index in [0.29, 0.717) is 6.54 Å². The molecule has 0 aromatic carbocycles. The van der Waals surface area contributed by atoms with Crippen molar-refractivity contribution in [1.29, 1.82) is 0 Å². The van der Waals surface area contributed by atoms with Gasteiger partial charge in [0.1, 0.15) is 0 Å². The molecule has 6 heteroatoms. The first kappa shape index (κ1) is 16.0. The van der Waals surface area contributed by atoms with Crippen LogP contribution in [0.1, 0.15) is 37.1 Å². The molecular weight excluding hydrogens is 302 g/mol. The Hall–Kier alpha value is -1.53. The smallest absolute Gasteiger partial charge is 0.236 e. The van der Waals surface area contributed by atoms with E-state index in [2.05, 4.69) is 24.7 Å². The molecule has 0 radical (unpaired) electrons. The highest BCUT2D eigenvalue weighted by Crippen LogP contribution is 2.24. The van der Waals surface area contributed by atoms with E-state index in [0.717, 1.165) is 63.1 Å². The topological polar surface area (TPSA) is 52.6 Å². The van der Waals surface area contributed by atoms with Crippen LogP contribution in [-0.2, 0) is 17.8 Å². The lowest BCUT2D eigenvalue weighted by Gasteiger charge is -2.39. The number of hydrogen-bond donors (Lipinski definition) is 0. The molecule has 0 atom stereocenters. The molecule has 24 heavy (non-hydrogen) atoms. The highest BCUT2D eigenvalue weighted by Gasteiger charge is 2.29. The van der Waals surface area contributed by atoms with Crippen molar-refractivity contribution in [1.82, 2.24) is 24.7 Å². The molecule has 0 unspecified atom stereocenters. The van der Waals surface area contributed by atoms with Gasteiger partial charge in [-0.25, -0.2) is 0 Å². The summed E-state index contributed by atoms with van der Waals surface area (Å²) in [5.41, 5.74) is 2.12. The summed E-state index contributed by atoms with van der Waals surface area (Å²) < 4.78 is 0. The van der Waals surface area contributed by atoms with Crippen LogP contribution in [0.3, 0.4) is 0 Å². The van der Waals surface area contributed by atoms with Gasteiger partial charge in [0.15, 0.2) is 0 Å². The molecule has 2 fully saturated rings. The molecule has 1 saturated heterocycles. The van der Waals surface area contributed by atoms with E-state index < -0.39 is 0 Å². The molecule has 0 bridgehead atoms. The monoisotopic (exact) mass is 329 g/mol. The van der Waals surface area contributed by atoms with Crippen molar-refractivity contribution in [2.45, 2.75) is 44.7 Å². The normalized spacial score (nSPS) is 23.4. The number of nitrogens with zero attached hydrogens (tertiary/aromatic N) is 5. The summed E-state index contributed by atoms with van der Waals surface area (Å²) in [6.07, 6.45) is 9.85. The van der Waals surface area contributed by atoms with E-state index in [4.69, 9.17) is 0 Å². The summed E-state index contributed by atoms with van der Waals surface area (Å²) in [5, 5.41) is 0. The maximum absolute atomic E-state index is 12.6. The fourth-order valence-corrected chi connectivity index (χ4v) is 4.32. The quantitative estimate of drug-likeness (QED) is 0.825. The second-order valence-corrected chi connectivity index (χ2v) is 7.27. The number of amides is 1. The average molecular weight is 329 g/mol. The Balaban J connectivity index is 1.27. The number of piperazine rings is 1. The minimum absolute atomic E-state index is 0.272. The molecule has 3 heterocycles. The molecule has 1 aliphatic carbocycles. The molecule has 1 saturated carbocycles. The molecular formula is C18H27N5O. The third-order valence-corrected chi connectivity index (χ3v) is 5.77. The first-order valence-corrected chi connectivity index (χ1v) is 9.32. The predicted octanol–water partition coefficient (Wildman–Crippen LogP) is 0.921. The van der Waals surface area contributed by atoms with Crippen molar-refractivity contribution in [2.75, 3.05) is 39.3 Å². The highest BCUT2D eigenvalue weighted by molar-refractivity contribution is 5.78. The molecule has 4 rings (SSSR count). The van der Waals surface area contributed by atoms with Gasteiger partial charge < -0.3 is 4.90 Å². The van der Waals surface area contributed by atoms with Gasteiger partial charge in [-0.15, -0.1) is 0 Å². The average Bonchev–Trinajstić information content (AvgIpc) is 3.16. The van der Waals surface area contributed by atoms with Crippen molar-refractivity contribution >= 4 is 5.91 Å². The summed E-state index contributed by atoms with van der Waals surface area (Å²) in [6.45, 7) is 6.03. The lowest BCUT2D eigenvalue weighted by molar-refractivity contribution is -0.134. The fraction of sp³-hybridized carbons (Fsp3) is 0.722. The predicted molar refractivity (Wildman–Crippen MR) is 91.4 cm³/mol. The summed E-state index contributed by atoms with van der Waals surface area (Å²) in [4.78, 5) is 28.3. The number of hydrogen-bond acceptors (Lipinski definition) is 5. The van der Waals surface area contributed by atoms with Gasteiger partial charge in [0.05, 0.1) is 17.9 Å². The fourth-order valence-electron chi connectivity index (χ4n) is 4.32. The molecule has 1 aromatic heterocycles. The summed E-state index contributed by atoms with van der Waals surface area (Å²) in [6, 6.07) is 0.777. The Kier molecular flexibility index (Phi) is 4.76. The molecule has 6 nitrogen and oxygen atoms in total. The van der Waals surface area contributed by atoms with Gasteiger partial charge in [0.2, 0.25) is 5.91 Å². The molecule has 1 aromatic rings. The molecule has 0 spiro atoms. The van der Waals surface area contributed by atoms with E-state index in [1.165, 1.54) is 25.7 Å². The number of fused-ring (bicyclic) bond motifs is 1. The van der Waals surface area contributed by atoms with E-state index >= 15 is 0 Å². The molecule has 0 N–H and O–H groups in total. The second-order valence-electron chi connectivity index (χ2n) is 7.27. The first-order valence-electron chi connectivity index (χ1n) is 9.32. The zero-order valence-corrected chi connectivity index (χ0v) is 14.4. The van der Waals surface area contributed by atoms with Crippen LogP contribution in [-0.4, -0.2) is 75.9 Å². The van der Waals surface area contributed by atoms with Gasteiger partial charge >= 0.3 is 0 Å². The maximum atomic E-state index is 12.6. The lowest BCUT2D eigenvalue weighted by Crippen LogP contribution is -2.53. The Morgan fingerprint density at radius 2 is 1.71 bits per heavy atom. The van der Waals surface area contributed by atoms with Crippen molar-refractivity contribution in [3.63, 3.8) is 0 Å². The Labute approximate surface area is 143 Å². The Morgan fingerprint density at radius 3 is 2.46 bits per heavy atom. The van der Waals surface area contributed by atoms with Crippen LogP contribution >= 0.6 is 0 Å². The van der Waals surface area contributed by atoms with E-state index in [9.17, 15) is 4.79 Å². The van der Waals surface area contributed by atoms with Gasteiger partial charge in [-0.3, -0.25) is 24.6 Å². The van der Waals surface area contributed by atoms with Gasteiger partial charge in [0.25, 0.3) is 0 Å². The lowest BCUT2D eigenvalue weighted by atomic mass is 10.1. The molecule has 130 valence electrons. The van der Waals surface area contributed by atoms with Crippen LogP contribution in [0.5, 0.6) is 0 Å². The minimum atomic E-state index is 0.272. The summed E-state index contributed by atoms with van der Waals surface area (Å²) in [7, 11) is 0. The number of aromatic nitrogens is 2. The Morgan fingerprint density at radius 1 is 1.00 bits per heavy atom. The van der Waals surface area contributed by atoms with Crippen molar-refractivity contribution < 1.29 is 4.79 Å². The second kappa shape index (κ2) is 7.15. The van der Waals surface area contributed by atoms with Crippen LogP contribution in [0.2, 0.25) is 0 Å². The van der Waals surface area contributed by atoms with E-state index in [1.807, 2.05) is 0 Å². The summed E-state index contributed by atoms with van der Waals surface area (Å²) >= 11 is 0. The molecule has 1 amide bonds. The summed E-state index contributed by atoms with van der Waals surface area (Å²) in [5.74, 6) is 0.272. The third kappa shape index (κ3) is 3.44. The Bertz CT molecular complexity index is 579. The molecule has 2 aliphatic heterocycles. The number of carbonyl (C=O) groups is 1. The molecule has 3 aliphatic rings. The van der Waals surface area contributed by atoms with Crippen LogP contribution in [0, 0.1) is 0 Å². The van der Waals surface area contributed by atoms with Crippen molar-refractivity contribution in [3.8, 4) is 0 Å². The van der Waals surface area contributed by atoms with Gasteiger partial charge in [-0.2, -0.15) is 0 Å². The van der Waals surface area contributed by atoms with E-state index in [-0.39, 0.29) is 5.91 Å². The van der Waals surface area contributed by atoms with Crippen LogP contribution in [0.25, 0.3) is 0 Å². The zero-order valence-electron chi connectivity index (χ0n) is 14.4. The van der Waals surface area contributed by atoms with Crippen LogP contribution in [0.15, 0.2) is 12.4 Å². The van der Waals surface area contributed by atoms with Gasteiger partial charge in [-0.05, 0) is 12.8 Å².